The van der Waals surface area contributed by atoms with E-state index in [-0.39, 0.29) is 23.5 Å². The Morgan fingerprint density at radius 2 is 1.81 bits per heavy atom. The molecule has 2 aliphatic heterocycles. The molecule has 3 amide bonds. The van der Waals surface area contributed by atoms with Crippen LogP contribution >= 0.6 is 0 Å². The van der Waals surface area contributed by atoms with Crippen molar-refractivity contribution in [3.8, 4) is 5.75 Å². The van der Waals surface area contributed by atoms with Crippen molar-refractivity contribution in [1.82, 2.24) is 14.8 Å². The second-order valence-electron chi connectivity index (χ2n) is 9.03. The summed E-state index contributed by atoms with van der Waals surface area (Å²) in [5, 5.41) is 2.93. The summed E-state index contributed by atoms with van der Waals surface area (Å²) in [5.41, 5.74) is 1.58. The number of ether oxygens (including phenoxy) is 1. The van der Waals surface area contributed by atoms with Gasteiger partial charge in [0.1, 0.15) is 11.9 Å². The van der Waals surface area contributed by atoms with Crippen molar-refractivity contribution in [3.05, 3.63) is 54.4 Å². The van der Waals surface area contributed by atoms with Gasteiger partial charge in [0.25, 0.3) is 0 Å². The lowest BCUT2D eigenvalue weighted by molar-refractivity contribution is -0.149. The van der Waals surface area contributed by atoms with E-state index in [0.29, 0.717) is 32.1 Å². The van der Waals surface area contributed by atoms with Crippen LogP contribution in [0.4, 0.5) is 10.5 Å². The molecule has 4 rings (SSSR count). The summed E-state index contributed by atoms with van der Waals surface area (Å²) in [6, 6.07) is 11.3. The lowest BCUT2D eigenvalue weighted by Gasteiger charge is -2.42. The Kier molecular flexibility index (Phi) is 5.85. The van der Waals surface area contributed by atoms with Crippen molar-refractivity contribution in [2.75, 3.05) is 31.5 Å². The van der Waals surface area contributed by atoms with E-state index in [2.05, 4.69) is 10.3 Å². The normalized spacial score (nSPS) is 17.0. The summed E-state index contributed by atoms with van der Waals surface area (Å²) in [4.78, 5) is 32.6. The number of urea groups is 1. The molecule has 7 nitrogen and oxygen atoms in total. The molecule has 2 aliphatic rings. The minimum Gasteiger partial charge on any atom is -0.487 e. The molecule has 2 fully saturated rings. The van der Waals surface area contributed by atoms with Gasteiger partial charge < -0.3 is 19.9 Å². The predicted octanol–water partition coefficient (Wildman–Crippen LogP) is 3.74. The molecule has 0 radical (unpaired) electrons. The maximum Gasteiger partial charge on any atom is 0.321 e. The van der Waals surface area contributed by atoms with Gasteiger partial charge in [0, 0.05) is 42.5 Å². The third-order valence-corrected chi connectivity index (χ3v) is 6.33. The van der Waals surface area contributed by atoms with Crippen LogP contribution in [-0.2, 0) is 4.79 Å². The van der Waals surface area contributed by atoms with Crippen molar-refractivity contribution in [1.29, 1.82) is 0 Å². The van der Waals surface area contributed by atoms with Gasteiger partial charge in [-0.1, -0.05) is 26.8 Å². The summed E-state index contributed by atoms with van der Waals surface area (Å²) >= 11 is 0. The van der Waals surface area contributed by atoms with Crippen molar-refractivity contribution >= 4 is 17.6 Å². The fourth-order valence-corrected chi connectivity index (χ4v) is 3.74. The number of pyridine rings is 1. The van der Waals surface area contributed by atoms with Crippen LogP contribution in [0, 0.1) is 5.41 Å². The van der Waals surface area contributed by atoms with E-state index >= 15 is 0 Å². The number of nitrogens with zero attached hydrogens (tertiary/aromatic N) is 3. The van der Waals surface area contributed by atoms with Crippen LogP contribution in [0.25, 0.3) is 0 Å². The summed E-state index contributed by atoms with van der Waals surface area (Å²) in [6.07, 6.45) is 4.46. The molecule has 164 valence electrons. The van der Waals surface area contributed by atoms with Crippen LogP contribution in [0.2, 0.25) is 0 Å². The van der Waals surface area contributed by atoms with Crippen LogP contribution in [0.3, 0.4) is 0 Å². The van der Waals surface area contributed by atoms with Crippen molar-refractivity contribution in [2.45, 2.75) is 39.2 Å². The molecule has 31 heavy (non-hydrogen) atoms. The van der Waals surface area contributed by atoms with E-state index in [1.54, 1.807) is 11.1 Å². The zero-order valence-electron chi connectivity index (χ0n) is 18.4. The highest BCUT2D eigenvalue weighted by atomic mass is 16.5. The van der Waals surface area contributed by atoms with Gasteiger partial charge in [0.05, 0.1) is 13.1 Å². The molecular weight excluding hydrogens is 392 g/mol. The lowest BCUT2D eigenvalue weighted by atomic mass is 9.87. The first kappa shape index (κ1) is 21.2. The molecular formula is C24H30N4O3. The number of carbonyl (C=O) groups is 2. The number of hydrogen-bond donors (Lipinski definition) is 1. The number of carbonyl (C=O) groups excluding carboxylic acids is 2. The monoisotopic (exact) mass is 422 g/mol. The molecule has 0 aliphatic carbocycles. The van der Waals surface area contributed by atoms with Gasteiger partial charge in [-0.3, -0.25) is 9.78 Å². The molecule has 1 aromatic heterocycles. The van der Waals surface area contributed by atoms with Gasteiger partial charge >= 0.3 is 6.03 Å². The number of amides is 3. The first-order chi connectivity index (χ1) is 14.9. The Morgan fingerprint density at radius 3 is 2.42 bits per heavy atom. The van der Waals surface area contributed by atoms with Gasteiger partial charge in [-0.2, -0.15) is 0 Å². The Hall–Kier alpha value is -3.09. The Bertz CT molecular complexity index is 918. The quantitative estimate of drug-likeness (QED) is 0.770. The van der Waals surface area contributed by atoms with Gasteiger partial charge in [-0.25, -0.2) is 4.79 Å². The van der Waals surface area contributed by atoms with Crippen LogP contribution < -0.4 is 10.1 Å². The Labute approximate surface area is 183 Å². The predicted molar refractivity (Wildman–Crippen MR) is 119 cm³/mol. The first-order valence-electron chi connectivity index (χ1n) is 10.9. The second-order valence-corrected chi connectivity index (χ2v) is 9.03. The van der Waals surface area contributed by atoms with Crippen LogP contribution in [-0.4, -0.2) is 59.0 Å². The van der Waals surface area contributed by atoms with Gasteiger partial charge in [-0.05, 0) is 42.3 Å². The molecule has 1 aromatic carbocycles. The van der Waals surface area contributed by atoms with Crippen molar-refractivity contribution in [2.24, 2.45) is 5.41 Å². The van der Waals surface area contributed by atoms with Crippen molar-refractivity contribution in [3.63, 3.8) is 0 Å². The number of aromatic nitrogens is 1. The average Bonchev–Trinajstić information content (AvgIpc) is 2.71. The molecule has 7 heteroatoms. The zero-order chi connectivity index (χ0) is 22.0. The number of hydrogen-bond acceptors (Lipinski definition) is 4. The molecule has 0 saturated carbocycles. The van der Waals surface area contributed by atoms with E-state index in [1.807, 2.05) is 68.3 Å². The SMILES string of the molecule is CCC(C)(C)C(=O)N1CC(Oc2ccc(NC(=O)N3CC(c4cccnc4)C3)cc2)C1. The van der Waals surface area contributed by atoms with Gasteiger partial charge in [0.2, 0.25) is 5.91 Å². The molecule has 2 saturated heterocycles. The number of rotatable bonds is 6. The Morgan fingerprint density at radius 1 is 1.10 bits per heavy atom. The summed E-state index contributed by atoms with van der Waals surface area (Å²) in [6.45, 7) is 8.63. The first-order valence-corrected chi connectivity index (χ1v) is 10.9. The number of benzene rings is 1. The summed E-state index contributed by atoms with van der Waals surface area (Å²) < 4.78 is 5.96. The van der Waals surface area contributed by atoms with E-state index < -0.39 is 0 Å². The van der Waals surface area contributed by atoms with E-state index in [0.717, 1.165) is 17.9 Å². The number of likely N-dealkylation sites (tertiary alicyclic amines) is 2. The van der Waals surface area contributed by atoms with E-state index in [1.165, 1.54) is 5.56 Å². The van der Waals surface area contributed by atoms with E-state index in [9.17, 15) is 9.59 Å². The fraction of sp³-hybridized carbons (Fsp3) is 0.458. The van der Waals surface area contributed by atoms with Crippen LogP contribution in [0.1, 0.15) is 38.7 Å². The summed E-state index contributed by atoms with van der Waals surface area (Å²) in [5.74, 6) is 1.28. The molecule has 0 unspecified atom stereocenters. The maximum atomic E-state index is 12.4. The molecule has 0 atom stereocenters. The topological polar surface area (TPSA) is 74.8 Å². The number of anilines is 1. The molecule has 0 bridgehead atoms. The highest BCUT2D eigenvalue weighted by molar-refractivity contribution is 5.90. The van der Waals surface area contributed by atoms with E-state index in [4.69, 9.17) is 4.74 Å². The smallest absolute Gasteiger partial charge is 0.321 e. The van der Waals surface area contributed by atoms with Gasteiger partial charge in [0.15, 0.2) is 0 Å². The Balaban J connectivity index is 1.21. The average molecular weight is 423 g/mol. The molecule has 2 aromatic rings. The minimum absolute atomic E-state index is 0.0162. The molecule has 3 heterocycles. The maximum absolute atomic E-state index is 12.4. The van der Waals surface area contributed by atoms with Crippen LogP contribution in [0.5, 0.6) is 5.75 Å². The minimum atomic E-state index is -0.320. The fourth-order valence-electron chi connectivity index (χ4n) is 3.74. The highest BCUT2D eigenvalue weighted by Crippen LogP contribution is 2.29. The standard InChI is InChI=1S/C24H30N4O3/c1-4-24(2,3)22(29)27-15-21(16-27)31-20-9-7-19(8-10-20)26-23(30)28-13-18(14-28)17-6-5-11-25-12-17/h5-12,18,21H,4,13-16H2,1-3H3,(H,26,30). The van der Waals surface area contributed by atoms with Gasteiger partial charge in [-0.15, -0.1) is 0 Å². The lowest BCUT2D eigenvalue weighted by Crippen LogP contribution is -2.59. The van der Waals surface area contributed by atoms with Crippen LogP contribution in [0.15, 0.2) is 48.8 Å². The third-order valence-electron chi connectivity index (χ3n) is 6.33. The largest absolute Gasteiger partial charge is 0.487 e. The number of nitrogens with one attached hydrogen (secondary N) is 1. The van der Waals surface area contributed by atoms with Crippen molar-refractivity contribution < 1.29 is 14.3 Å². The second kappa shape index (κ2) is 8.57. The highest BCUT2D eigenvalue weighted by Gasteiger charge is 2.38. The summed E-state index contributed by atoms with van der Waals surface area (Å²) in [7, 11) is 0. The molecule has 1 N–H and O–H groups in total. The zero-order valence-corrected chi connectivity index (χ0v) is 18.4. The third kappa shape index (κ3) is 4.65. The molecule has 0 spiro atoms.